The minimum absolute atomic E-state index is 0.0301. The van der Waals surface area contributed by atoms with Gasteiger partial charge < -0.3 is 21.1 Å². The fraction of sp³-hybridized carbons (Fsp3) is 0.727. The van der Waals surface area contributed by atoms with Gasteiger partial charge in [-0.2, -0.15) is 0 Å². The molecule has 7 nitrogen and oxygen atoms in total. The number of rotatable bonds is 4. The standard InChI is InChI=1S/C5H13N.C4H8O2.2CH3NOS/c1-4-5-6(2)3;1-4(2)6-3-5;2*2-1(3)4/h4-5H2,1-3H3;3-4H,1-2H3;2*(H3,2,3,4). The number of hydrogen-bond donors (Lipinski definition) is 4. The van der Waals surface area contributed by atoms with Gasteiger partial charge in [-0.05, 0) is 40.9 Å². The second-order valence-corrected chi connectivity index (χ2v) is 4.64. The maximum Gasteiger partial charge on any atom is 0.293 e. The van der Waals surface area contributed by atoms with Crippen LogP contribution in [0.5, 0.6) is 0 Å². The van der Waals surface area contributed by atoms with Crippen LogP contribution in [0.1, 0.15) is 27.2 Å². The first-order valence-corrected chi connectivity index (χ1v) is 6.61. The van der Waals surface area contributed by atoms with Gasteiger partial charge in [0.1, 0.15) is 0 Å². The van der Waals surface area contributed by atoms with Crippen LogP contribution in [-0.4, -0.2) is 48.6 Å². The molecule has 122 valence electrons. The van der Waals surface area contributed by atoms with Gasteiger partial charge in [-0.1, -0.05) is 32.2 Å². The predicted molar refractivity (Wildman–Crippen MR) is 88.3 cm³/mol. The second kappa shape index (κ2) is 23.2. The van der Waals surface area contributed by atoms with E-state index in [1.54, 1.807) is 13.8 Å². The van der Waals surface area contributed by atoms with E-state index in [1.165, 1.54) is 13.0 Å². The number of carbonyl (C=O) groups excluding carboxylic acids is 3. The van der Waals surface area contributed by atoms with Crippen molar-refractivity contribution in [3.05, 3.63) is 0 Å². The molecule has 0 aromatic heterocycles. The van der Waals surface area contributed by atoms with Gasteiger partial charge in [-0.15, -0.1) is 0 Å². The molecule has 20 heavy (non-hydrogen) atoms. The molecule has 0 aliphatic carbocycles. The van der Waals surface area contributed by atoms with Crippen molar-refractivity contribution in [2.45, 2.75) is 33.3 Å². The molecule has 0 radical (unpaired) electrons. The Morgan fingerprint density at radius 1 is 1.20 bits per heavy atom. The minimum Gasteiger partial charge on any atom is -0.465 e. The lowest BCUT2D eigenvalue weighted by atomic mass is 10.5. The normalized spacial score (nSPS) is 8.05. The lowest BCUT2D eigenvalue weighted by Crippen LogP contribution is -2.11. The molecule has 0 fully saturated rings. The van der Waals surface area contributed by atoms with Gasteiger partial charge >= 0.3 is 0 Å². The average Bonchev–Trinajstić information content (AvgIpc) is 2.15. The van der Waals surface area contributed by atoms with Crippen molar-refractivity contribution in [1.29, 1.82) is 0 Å². The monoisotopic (exact) mass is 329 g/mol. The third-order valence-corrected chi connectivity index (χ3v) is 0.999. The molecule has 0 aromatic carbocycles. The predicted octanol–water partition coefficient (Wildman–Crippen LogP) is 1.52. The van der Waals surface area contributed by atoms with Crippen LogP contribution in [0.25, 0.3) is 0 Å². The van der Waals surface area contributed by atoms with Crippen LogP contribution >= 0.6 is 25.3 Å². The van der Waals surface area contributed by atoms with Crippen LogP contribution in [0.3, 0.4) is 0 Å². The Kier molecular flexibility index (Phi) is 31.8. The summed E-state index contributed by atoms with van der Waals surface area (Å²) in [4.78, 5) is 29.7. The van der Waals surface area contributed by atoms with Crippen molar-refractivity contribution < 1.29 is 19.1 Å². The molecular formula is C11H27N3O4S2. The molecule has 0 saturated heterocycles. The summed E-state index contributed by atoms with van der Waals surface area (Å²) in [6.07, 6.45) is 1.29. The quantitative estimate of drug-likeness (QED) is 0.461. The number of nitrogens with two attached hydrogens (primary N) is 2. The zero-order valence-electron chi connectivity index (χ0n) is 12.7. The molecule has 4 N–H and O–H groups in total. The number of thiol groups is 2. The van der Waals surface area contributed by atoms with Crippen LogP contribution in [0.15, 0.2) is 0 Å². The Morgan fingerprint density at radius 3 is 1.50 bits per heavy atom. The topological polar surface area (TPSA) is 116 Å². The van der Waals surface area contributed by atoms with Crippen LogP contribution in [-0.2, 0) is 9.53 Å². The van der Waals surface area contributed by atoms with E-state index in [1.807, 2.05) is 0 Å². The second-order valence-electron chi connectivity index (χ2n) is 3.76. The van der Waals surface area contributed by atoms with E-state index in [0.717, 1.165) is 0 Å². The third kappa shape index (κ3) is 171. The lowest BCUT2D eigenvalue weighted by molar-refractivity contribution is -0.131. The molecule has 0 bridgehead atoms. The zero-order valence-corrected chi connectivity index (χ0v) is 14.5. The molecule has 0 aromatic rings. The number of nitrogens with zero attached hydrogens (tertiary/aromatic N) is 1. The molecule has 0 saturated carbocycles. The maximum absolute atomic E-state index is 9.39. The average molecular weight is 329 g/mol. The van der Waals surface area contributed by atoms with Crippen LogP contribution in [0.2, 0.25) is 0 Å². The van der Waals surface area contributed by atoms with E-state index >= 15 is 0 Å². The highest BCUT2D eigenvalue weighted by atomic mass is 32.1. The highest BCUT2D eigenvalue weighted by molar-refractivity contribution is 7.96. The molecule has 2 amide bonds. The first-order chi connectivity index (χ1) is 9.00. The van der Waals surface area contributed by atoms with Gasteiger partial charge in [0.05, 0.1) is 6.10 Å². The van der Waals surface area contributed by atoms with Gasteiger partial charge in [0.2, 0.25) is 0 Å². The summed E-state index contributed by atoms with van der Waals surface area (Å²) in [5.41, 5.74) is 8.67. The number of amides is 2. The molecule has 0 heterocycles. The maximum atomic E-state index is 9.39. The molecule has 0 aliphatic rings. The molecule has 9 heteroatoms. The van der Waals surface area contributed by atoms with Crippen LogP contribution in [0.4, 0.5) is 9.59 Å². The van der Waals surface area contributed by atoms with Gasteiger partial charge in [0.15, 0.2) is 0 Å². The first kappa shape index (κ1) is 27.4. The van der Waals surface area contributed by atoms with E-state index in [0.29, 0.717) is 6.47 Å². The number of carbonyl (C=O) groups is 3. The van der Waals surface area contributed by atoms with E-state index < -0.39 is 10.5 Å². The van der Waals surface area contributed by atoms with E-state index in [2.05, 4.69) is 67.4 Å². The van der Waals surface area contributed by atoms with Gasteiger partial charge in [-0.3, -0.25) is 14.4 Å². The lowest BCUT2D eigenvalue weighted by Gasteiger charge is -2.03. The van der Waals surface area contributed by atoms with E-state index in [-0.39, 0.29) is 6.10 Å². The molecule has 0 aliphatic heterocycles. The summed E-state index contributed by atoms with van der Waals surface area (Å²) in [5.74, 6) is 0. The number of primary amides is 2. The van der Waals surface area contributed by atoms with Crippen molar-refractivity contribution in [2.75, 3.05) is 20.6 Å². The SMILES string of the molecule is CC(C)OC=O.CCCN(C)C.NC(=O)S.NC(=O)S. The molecule has 0 rings (SSSR count). The molecular weight excluding hydrogens is 302 g/mol. The Morgan fingerprint density at radius 2 is 1.50 bits per heavy atom. The Bertz CT molecular complexity index is 220. The van der Waals surface area contributed by atoms with Gasteiger partial charge in [-0.25, -0.2) is 0 Å². The largest absolute Gasteiger partial charge is 0.465 e. The van der Waals surface area contributed by atoms with Crippen molar-refractivity contribution >= 4 is 42.2 Å². The van der Waals surface area contributed by atoms with E-state index in [9.17, 15) is 4.79 Å². The minimum atomic E-state index is -0.639. The summed E-state index contributed by atoms with van der Waals surface area (Å²) >= 11 is 6.21. The Labute approximate surface area is 132 Å². The van der Waals surface area contributed by atoms with Crippen molar-refractivity contribution in [3.63, 3.8) is 0 Å². The first-order valence-electron chi connectivity index (χ1n) is 5.71. The summed E-state index contributed by atoms with van der Waals surface area (Å²) in [5, 5.41) is -1.28. The fourth-order valence-electron chi connectivity index (χ4n) is 0.558. The smallest absolute Gasteiger partial charge is 0.293 e. The number of hydrogen-bond acceptors (Lipinski definition) is 5. The summed E-state index contributed by atoms with van der Waals surface area (Å²) < 4.78 is 4.36. The highest BCUT2D eigenvalue weighted by Gasteiger charge is 1.83. The van der Waals surface area contributed by atoms with Gasteiger partial charge in [0, 0.05) is 0 Å². The van der Waals surface area contributed by atoms with E-state index in [4.69, 9.17) is 9.59 Å². The van der Waals surface area contributed by atoms with Crippen LogP contribution in [0, 0.1) is 0 Å². The zero-order chi connectivity index (χ0) is 17.1. The third-order valence-electron chi connectivity index (χ3n) is 0.999. The molecule has 0 spiro atoms. The Balaban J connectivity index is -0.0000000871. The molecule has 0 unspecified atom stereocenters. The van der Waals surface area contributed by atoms with Crippen molar-refractivity contribution in [2.24, 2.45) is 11.5 Å². The van der Waals surface area contributed by atoms with Gasteiger partial charge in [0.25, 0.3) is 17.0 Å². The van der Waals surface area contributed by atoms with Crippen LogP contribution < -0.4 is 11.5 Å². The number of ether oxygens (including phenoxy) is 1. The molecule has 0 atom stereocenters. The highest BCUT2D eigenvalue weighted by Crippen LogP contribution is 1.79. The summed E-state index contributed by atoms with van der Waals surface area (Å²) in [6, 6.07) is 0. The summed E-state index contributed by atoms with van der Waals surface area (Å²) in [6.45, 7) is 7.44. The summed E-state index contributed by atoms with van der Waals surface area (Å²) in [7, 11) is 4.17. The Hall–Kier alpha value is -0.930. The fourth-order valence-corrected chi connectivity index (χ4v) is 0.558. The van der Waals surface area contributed by atoms with Crippen molar-refractivity contribution in [1.82, 2.24) is 4.90 Å². The van der Waals surface area contributed by atoms with Crippen molar-refractivity contribution in [3.8, 4) is 0 Å².